The van der Waals surface area contributed by atoms with E-state index in [1.165, 1.54) is 12.0 Å². The number of nitrogens with zero attached hydrogens (tertiary/aromatic N) is 3. The van der Waals surface area contributed by atoms with Gasteiger partial charge in [-0.3, -0.25) is 0 Å². The molecule has 2 aromatic heterocycles. The van der Waals surface area contributed by atoms with Gasteiger partial charge in [-0.15, -0.1) is 0 Å². The fourth-order valence-electron chi connectivity index (χ4n) is 2.69. The molecule has 2 heterocycles. The number of benzene rings is 1. The quantitative estimate of drug-likeness (QED) is 0.673. The molecule has 0 aliphatic carbocycles. The van der Waals surface area contributed by atoms with Gasteiger partial charge in [0.15, 0.2) is 5.82 Å². The molecule has 0 fully saturated rings. The molecule has 0 spiro atoms. The zero-order chi connectivity index (χ0) is 18.2. The summed E-state index contributed by atoms with van der Waals surface area (Å²) in [5, 5.41) is 0. The summed E-state index contributed by atoms with van der Waals surface area (Å²) in [7, 11) is 2.85. The molecule has 0 radical (unpaired) electrons. The zero-order valence-electron chi connectivity index (χ0n) is 13.7. The van der Waals surface area contributed by atoms with Gasteiger partial charge in [0, 0.05) is 19.8 Å². The second-order valence-electron chi connectivity index (χ2n) is 5.68. The van der Waals surface area contributed by atoms with E-state index >= 15 is 0 Å². The van der Waals surface area contributed by atoms with Crippen LogP contribution in [-0.4, -0.2) is 42.2 Å². The van der Waals surface area contributed by atoms with Crippen molar-refractivity contribution in [2.24, 2.45) is 0 Å². The Morgan fingerprint density at radius 3 is 2.72 bits per heavy atom. The molecule has 0 saturated heterocycles. The van der Waals surface area contributed by atoms with Gasteiger partial charge in [-0.1, -0.05) is 0 Å². The van der Waals surface area contributed by atoms with Crippen molar-refractivity contribution in [2.45, 2.75) is 12.6 Å². The molecule has 0 bridgehead atoms. The molecule has 0 atom stereocenters. The van der Waals surface area contributed by atoms with Crippen molar-refractivity contribution in [1.82, 2.24) is 9.38 Å². The van der Waals surface area contributed by atoms with E-state index in [1.54, 1.807) is 43.6 Å². The van der Waals surface area contributed by atoms with Gasteiger partial charge in [0.2, 0.25) is 0 Å². The lowest BCUT2D eigenvalue weighted by Gasteiger charge is -2.21. The summed E-state index contributed by atoms with van der Waals surface area (Å²) in [6.45, 7) is -0.209. The number of aromatic nitrogens is 2. The normalized spacial score (nSPS) is 11.9. The number of halogens is 3. The number of fused-ring (bicyclic) bond motifs is 3. The molecule has 3 rings (SSSR count). The molecular weight excluding hydrogens is 335 g/mol. The predicted molar refractivity (Wildman–Crippen MR) is 88.0 cm³/mol. The van der Waals surface area contributed by atoms with Gasteiger partial charge in [-0.05, 0) is 30.3 Å². The van der Waals surface area contributed by atoms with Gasteiger partial charge in [-0.25, -0.2) is 9.78 Å². The van der Waals surface area contributed by atoms with Crippen LogP contribution in [0.2, 0.25) is 0 Å². The number of hydrogen-bond acceptors (Lipinski definition) is 4. The highest BCUT2D eigenvalue weighted by Gasteiger charge is 2.27. The molecule has 0 amide bonds. The van der Waals surface area contributed by atoms with Crippen LogP contribution < -0.4 is 4.90 Å². The Balaban J connectivity index is 2.09. The SMILES string of the molecule is COC(=O)c1ccc2c(c1)nc(N(C)CCC(F)(F)F)c1cccn12. The van der Waals surface area contributed by atoms with Crippen LogP contribution in [0.15, 0.2) is 36.5 Å². The largest absolute Gasteiger partial charge is 0.465 e. The second kappa shape index (κ2) is 6.27. The van der Waals surface area contributed by atoms with Crippen LogP contribution in [0.25, 0.3) is 16.6 Å². The molecule has 0 aliphatic heterocycles. The lowest BCUT2D eigenvalue weighted by molar-refractivity contribution is -0.132. The van der Waals surface area contributed by atoms with Crippen LogP contribution >= 0.6 is 0 Å². The topological polar surface area (TPSA) is 46.8 Å². The van der Waals surface area contributed by atoms with Crippen LogP contribution in [-0.2, 0) is 4.74 Å². The minimum Gasteiger partial charge on any atom is -0.465 e. The average Bonchev–Trinajstić information content (AvgIpc) is 3.06. The molecule has 1 aromatic carbocycles. The van der Waals surface area contributed by atoms with E-state index in [1.807, 2.05) is 4.40 Å². The first-order chi connectivity index (χ1) is 11.8. The number of ether oxygens (including phenoxy) is 1. The molecule has 0 aliphatic rings. The Morgan fingerprint density at radius 1 is 1.28 bits per heavy atom. The summed E-state index contributed by atoms with van der Waals surface area (Å²) < 4.78 is 44.1. The van der Waals surface area contributed by atoms with Crippen molar-refractivity contribution in [2.75, 3.05) is 25.6 Å². The van der Waals surface area contributed by atoms with Gasteiger partial charge in [0.05, 0.1) is 35.6 Å². The van der Waals surface area contributed by atoms with Crippen LogP contribution in [0.1, 0.15) is 16.8 Å². The Labute approximate surface area is 141 Å². The third-order valence-corrected chi connectivity index (χ3v) is 3.95. The van der Waals surface area contributed by atoms with E-state index in [0.717, 1.165) is 5.52 Å². The van der Waals surface area contributed by atoms with Gasteiger partial charge in [0.1, 0.15) is 0 Å². The van der Waals surface area contributed by atoms with Crippen LogP contribution in [0, 0.1) is 0 Å². The monoisotopic (exact) mass is 351 g/mol. The standard InChI is InChI=1S/C17H16F3N3O2/c1-22(9-7-17(18,19)20)15-14-4-3-8-23(14)13-6-5-11(16(24)25-2)10-12(13)21-15/h3-6,8,10H,7,9H2,1-2H3. The predicted octanol–water partition coefficient (Wildman–Crippen LogP) is 3.66. The summed E-state index contributed by atoms with van der Waals surface area (Å²) in [5.41, 5.74) is 2.28. The molecule has 8 heteroatoms. The summed E-state index contributed by atoms with van der Waals surface area (Å²) in [6, 6.07) is 8.52. The fourth-order valence-corrected chi connectivity index (χ4v) is 2.69. The smallest absolute Gasteiger partial charge is 0.390 e. The number of carbonyl (C=O) groups excluding carboxylic acids is 1. The third kappa shape index (κ3) is 3.38. The number of rotatable bonds is 4. The van der Waals surface area contributed by atoms with Crippen LogP contribution in [0.5, 0.6) is 0 Å². The van der Waals surface area contributed by atoms with Crippen molar-refractivity contribution in [1.29, 1.82) is 0 Å². The van der Waals surface area contributed by atoms with E-state index in [0.29, 0.717) is 22.4 Å². The first-order valence-electron chi connectivity index (χ1n) is 7.57. The zero-order valence-corrected chi connectivity index (χ0v) is 13.7. The average molecular weight is 351 g/mol. The van der Waals surface area contributed by atoms with Crippen molar-refractivity contribution in [3.63, 3.8) is 0 Å². The Kier molecular flexibility index (Phi) is 4.28. The highest BCUT2D eigenvalue weighted by molar-refractivity contribution is 5.95. The second-order valence-corrected chi connectivity index (χ2v) is 5.68. The Morgan fingerprint density at radius 2 is 2.04 bits per heavy atom. The molecule has 3 aromatic rings. The molecule has 132 valence electrons. The van der Waals surface area contributed by atoms with Gasteiger partial charge in [0.25, 0.3) is 0 Å². The van der Waals surface area contributed by atoms with Gasteiger partial charge < -0.3 is 14.0 Å². The summed E-state index contributed by atoms with van der Waals surface area (Å²) in [5.74, 6) is -0.0768. The highest BCUT2D eigenvalue weighted by atomic mass is 19.4. The van der Waals surface area contributed by atoms with Crippen molar-refractivity contribution < 1.29 is 22.7 Å². The van der Waals surface area contributed by atoms with Crippen molar-refractivity contribution in [3.8, 4) is 0 Å². The lowest BCUT2D eigenvalue weighted by atomic mass is 10.2. The lowest BCUT2D eigenvalue weighted by Crippen LogP contribution is -2.25. The minimum atomic E-state index is -4.23. The van der Waals surface area contributed by atoms with E-state index in [4.69, 9.17) is 4.74 Å². The number of methoxy groups -OCH3 is 1. The highest BCUT2D eigenvalue weighted by Crippen LogP contribution is 2.27. The molecule has 25 heavy (non-hydrogen) atoms. The molecule has 5 nitrogen and oxygen atoms in total. The van der Waals surface area contributed by atoms with E-state index < -0.39 is 18.6 Å². The first-order valence-corrected chi connectivity index (χ1v) is 7.57. The Hall–Kier alpha value is -2.77. The molecule has 0 unspecified atom stereocenters. The maximum atomic E-state index is 12.5. The number of carbonyl (C=O) groups is 1. The van der Waals surface area contributed by atoms with Crippen LogP contribution in [0.3, 0.4) is 0 Å². The third-order valence-electron chi connectivity index (χ3n) is 3.95. The molecule has 0 N–H and O–H groups in total. The van der Waals surface area contributed by atoms with E-state index in [2.05, 4.69) is 4.98 Å². The maximum Gasteiger partial charge on any atom is 0.390 e. The summed E-state index contributed by atoms with van der Waals surface area (Å²) >= 11 is 0. The minimum absolute atomic E-state index is 0.209. The number of esters is 1. The molecular formula is C17H16F3N3O2. The summed E-state index contributed by atoms with van der Waals surface area (Å²) in [4.78, 5) is 17.7. The number of hydrogen-bond donors (Lipinski definition) is 0. The van der Waals surface area contributed by atoms with E-state index in [9.17, 15) is 18.0 Å². The number of anilines is 1. The van der Waals surface area contributed by atoms with Gasteiger partial charge >= 0.3 is 12.1 Å². The first kappa shape index (κ1) is 17.1. The van der Waals surface area contributed by atoms with Crippen molar-refractivity contribution in [3.05, 3.63) is 42.1 Å². The molecule has 0 saturated carbocycles. The van der Waals surface area contributed by atoms with Crippen molar-refractivity contribution >= 4 is 28.3 Å². The summed E-state index contributed by atoms with van der Waals surface area (Å²) in [6.07, 6.45) is -3.36. The van der Waals surface area contributed by atoms with Crippen LogP contribution in [0.4, 0.5) is 19.0 Å². The maximum absolute atomic E-state index is 12.5. The van der Waals surface area contributed by atoms with Gasteiger partial charge in [-0.2, -0.15) is 13.2 Å². The Bertz CT molecular complexity index is 934. The fraction of sp³-hybridized carbons (Fsp3) is 0.294. The number of alkyl halides is 3. The van der Waals surface area contributed by atoms with E-state index in [-0.39, 0.29) is 6.54 Å².